The zero-order chi connectivity index (χ0) is 13.9. The number of pyridine rings is 1. The Hall–Kier alpha value is -0.970. The van der Waals surface area contributed by atoms with Crippen LogP contribution >= 0.6 is 0 Å². The van der Waals surface area contributed by atoms with Gasteiger partial charge >= 0.3 is 0 Å². The lowest BCUT2D eigenvalue weighted by molar-refractivity contribution is 0.0910. The molecule has 0 bridgehead atoms. The maximum absolute atomic E-state index is 5.52. The molecule has 0 aliphatic carbocycles. The summed E-state index contributed by atoms with van der Waals surface area (Å²) in [4.78, 5) is 4.40. The maximum atomic E-state index is 5.52. The third-order valence-corrected chi connectivity index (χ3v) is 2.65. The van der Waals surface area contributed by atoms with Crippen LogP contribution < -0.4 is 5.32 Å². The summed E-state index contributed by atoms with van der Waals surface area (Å²) in [7, 11) is 1.70. The molecule has 0 radical (unpaired) electrons. The fourth-order valence-electron chi connectivity index (χ4n) is 1.63. The van der Waals surface area contributed by atoms with E-state index in [4.69, 9.17) is 9.47 Å². The van der Waals surface area contributed by atoms with Crippen molar-refractivity contribution in [2.24, 2.45) is 5.92 Å². The monoisotopic (exact) mass is 266 g/mol. The summed E-state index contributed by atoms with van der Waals surface area (Å²) in [6.45, 7) is 8.35. The molecule has 1 N–H and O–H groups in total. The van der Waals surface area contributed by atoms with Gasteiger partial charge in [0.2, 0.25) is 0 Å². The second-order valence-electron chi connectivity index (χ2n) is 5.08. The number of nitrogens with one attached hydrogen (secondary N) is 1. The van der Waals surface area contributed by atoms with Crippen LogP contribution in [-0.2, 0) is 22.6 Å². The topological polar surface area (TPSA) is 43.4 Å². The smallest absolute Gasteiger partial charge is 0.0887 e. The molecule has 0 spiro atoms. The van der Waals surface area contributed by atoms with E-state index in [-0.39, 0.29) is 0 Å². The summed E-state index contributed by atoms with van der Waals surface area (Å²) in [5.74, 6) is 0.674. The Bertz CT molecular complexity index is 325. The molecule has 1 rings (SSSR count). The van der Waals surface area contributed by atoms with Crippen molar-refractivity contribution in [1.29, 1.82) is 0 Å². The lowest BCUT2D eigenvalue weighted by Gasteiger charge is -2.08. The van der Waals surface area contributed by atoms with E-state index in [1.54, 1.807) is 7.11 Å². The van der Waals surface area contributed by atoms with Gasteiger partial charge in [-0.05, 0) is 30.5 Å². The van der Waals surface area contributed by atoms with E-state index in [0.717, 1.165) is 31.8 Å². The number of hydrogen-bond acceptors (Lipinski definition) is 4. The molecule has 0 aliphatic heterocycles. The molecular formula is C15H26N2O2. The van der Waals surface area contributed by atoms with Gasteiger partial charge in [0, 0.05) is 33.1 Å². The van der Waals surface area contributed by atoms with Crippen molar-refractivity contribution in [2.75, 3.05) is 26.9 Å². The summed E-state index contributed by atoms with van der Waals surface area (Å²) >= 11 is 0. The summed E-state index contributed by atoms with van der Waals surface area (Å²) in [5.41, 5.74) is 2.19. The first-order chi connectivity index (χ1) is 9.22. The van der Waals surface area contributed by atoms with Crippen LogP contribution in [0.1, 0.15) is 31.5 Å². The largest absolute Gasteiger partial charge is 0.385 e. The number of methoxy groups -OCH3 is 1. The summed E-state index contributed by atoms with van der Waals surface area (Å²) in [5, 5.41) is 3.40. The third kappa shape index (κ3) is 7.93. The first-order valence-corrected chi connectivity index (χ1v) is 6.93. The van der Waals surface area contributed by atoms with Crippen molar-refractivity contribution in [3.05, 3.63) is 29.6 Å². The Morgan fingerprint density at radius 2 is 2.11 bits per heavy atom. The number of ether oxygens (including phenoxy) is 2. The molecule has 4 heteroatoms. The molecule has 0 saturated carbocycles. The van der Waals surface area contributed by atoms with Gasteiger partial charge in [-0.15, -0.1) is 0 Å². The van der Waals surface area contributed by atoms with Crippen LogP contribution in [0.4, 0.5) is 0 Å². The van der Waals surface area contributed by atoms with Gasteiger partial charge in [0.15, 0.2) is 0 Å². The Kier molecular flexibility index (Phi) is 8.38. The second kappa shape index (κ2) is 9.89. The molecule has 0 saturated heterocycles. The fraction of sp³-hybridized carbons (Fsp3) is 0.667. The predicted octanol–water partition coefficient (Wildman–Crippen LogP) is 2.38. The van der Waals surface area contributed by atoms with Crippen molar-refractivity contribution in [2.45, 2.75) is 33.4 Å². The number of aromatic nitrogens is 1. The normalized spacial score (nSPS) is 11.2. The molecule has 108 valence electrons. The van der Waals surface area contributed by atoms with Crippen LogP contribution in [0.2, 0.25) is 0 Å². The van der Waals surface area contributed by atoms with Gasteiger partial charge in [0.1, 0.15) is 0 Å². The van der Waals surface area contributed by atoms with Gasteiger partial charge < -0.3 is 14.8 Å². The van der Waals surface area contributed by atoms with E-state index in [1.807, 2.05) is 12.3 Å². The van der Waals surface area contributed by atoms with Crippen LogP contribution in [0.5, 0.6) is 0 Å². The van der Waals surface area contributed by atoms with Crippen LogP contribution in [0.3, 0.4) is 0 Å². The Morgan fingerprint density at radius 1 is 1.26 bits per heavy atom. The minimum absolute atomic E-state index is 0.573. The van der Waals surface area contributed by atoms with Crippen molar-refractivity contribution in [3.8, 4) is 0 Å². The van der Waals surface area contributed by atoms with E-state index in [9.17, 15) is 0 Å². The minimum atomic E-state index is 0.573. The molecule has 0 aliphatic rings. The molecule has 0 atom stereocenters. The van der Waals surface area contributed by atoms with Crippen molar-refractivity contribution >= 4 is 0 Å². The molecule has 1 aromatic rings. The van der Waals surface area contributed by atoms with Crippen LogP contribution in [0, 0.1) is 5.92 Å². The SMILES string of the molecule is COCCCOCc1ccc(CNCC(C)C)cn1. The van der Waals surface area contributed by atoms with Crippen LogP contribution in [0.25, 0.3) is 0 Å². The minimum Gasteiger partial charge on any atom is -0.385 e. The highest BCUT2D eigenvalue weighted by molar-refractivity contribution is 5.13. The highest BCUT2D eigenvalue weighted by Crippen LogP contribution is 2.02. The maximum Gasteiger partial charge on any atom is 0.0887 e. The van der Waals surface area contributed by atoms with Crippen molar-refractivity contribution < 1.29 is 9.47 Å². The molecular weight excluding hydrogens is 240 g/mol. The summed E-state index contributed by atoms with van der Waals surface area (Å²) in [6.07, 6.45) is 2.84. The predicted molar refractivity (Wildman–Crippen MR) is 76.9 cm³/mol. The van der Waals surface area contributed by atoms with Crippen LogP contribution in [-0.4, -0.2) is 31.9 Å². The first-order valence-electron chi connectivity index (χ1n) is 6.93. The van der Waals surface area contributed by atoms with Crippen molar-refractivity contribution in [1.82, 2.24) is 10.3 Å². The molecule has 0 fully saturated rings. The lowest BCUT2D eigenvalue weighted by Crippen LogP contribution is -2.19. The molecule has 0 unspecified atom stereocenters. The average Bonchev–Trinajstić information content (AvgIpc) is 2.40. The Morgan fingerprint density at radius 3 is 2.74 bits per heavy atom. The van der Waals surface area contributed by atoms with Gasteiger partial charge in [-0.3, -0.25) is 4.98 Å². The van der Waals surface area contributed by atoms with E-state index < -0.39 is 0 Å². The van der Waals surface area contributed by atoms with E-state index in [2.05, 4.69) is 30.2 Å². The molecule has 19 heavy (non-hydrogen) atoms. The van der Waals surface area contributed by atoms with Gasteiger partial charge in [0.25, 0.3) is 0 Å². The summed E-state index contributed by atoms with van der Waals surface area (Å²) in [6, 6.07) is 4.14. The molecule has 0 amide bonds. The highest BCUT2D eigenvalue weighted by Gasteiger charge is 1.98. The van der Waals surface area contributed by atoms with Gasteiger partial charge in [-0.1, -0.05) is 19.9 Å². The zero-order valence-electron chi connectivity index (χ0n) is 12.3. The Labute approximate surface area is 116 Å². The van der Waals surface area contributed by atoms with Crippen molar-refractivity contribution in [3.63, 3.8) is 0 Å². The molecule has 0 aromatic carbocycles. The summed E-state index contributed by atoms with van der Waals surface area (Å²) < 4.78 is 10.5. The van der Waals surface area contributed by atoms with Gasteiger partial charge in [-0.25, -0.2) is 0 Å². The molecule has 1 heterocycles. The quantitative estimate of drug-likeness (QED) is 0.660. The third-order valence-electron chi connectivity index (χ3n) is 2.65. The average molecular weight is 266 g/mol. The lowest BCUT2D eigenvalue weighted by atomic mass is 10.2. The van der Waals surface area contributed by atoms with Crippen LogP contribution in [0.15, 0.2) is 18.3 Å². The van der Waals surface area contributed by atoms with Gasteiger partial charge in [0.05, 0.1) is 12.3 Å². The van der Waals surface area contributed by atoms with E-state index in [0.29, 0.717) is 19.1 Å². The molecule has 1 aromatic heterocycles. The fourth-order valence-corrected chi connectivity index (χ4v) is 1.63. The number of hydrogen-bond donors (Lipinski definition) is 1. The zero-order valence-corrected chi connectivity index (χ0v) is 12.3. The van der Waals surface area contributed by atoms with Gasteiger partial charge in [-0.2, -0.15) is 0 Å². The standard InChI is InChI=1S/C15H26N2O2/c1-13(2)9-16-10-14-5-6-15(17-11-14)12-19-8-4-7-18-3/h5-6,11,13,16H,4,7-10,12H2,1-3H3. The number of rotatable bonds is 10. The van der Waals surface area contributed by atoms with E-state index in [1.165, 1.54) is 5.56 Å². The highest BCUT2D eigenvalue weighted by atomic mass is 16.5. The first kappa shape index (κ1) is 16.1. The Balaban J connectivity index is 2.19. The second-order valence-corrected chi connectivity index (χ2v) is 5.08. The number of nitrogens with zero attached hydrogens (tertiary/aromatic N) is 1. The molecule has 4 nitrogen and oxygen atoms in total. The van der Waals surface area contributed by atoms with E-state index >= 15 is 0 Å².